The summed E-state index contributed by atoms with van der Waals surface area (Å²) in [4.78, 5) is 19.6. The minimum absolute atomic E-state index is 0.243. The molecule has 0 atom stereocenters. The van der Waals surface area contributed by atoms with Crippen LogP contribution < -0.4 is 11.1 Å². The van der Waals surface area contributed by atoms with Gasteiger partial charge in [-0.15, -0.1) is 0 Å². The van der Waals surface area contributed by atoms with E-state index >= 15 is 0 Å². The molecule has 0 unspecified atom stereocenters. The van der Waals surface area contributed by atoms with Crippen LogP contribution in [-0.2, 0) is 0 Å². The molecule has 3 aromatic rings. The fourth-order valence-corrected chi connectivity index (χ4v) is 2.27. The highest BCUT2D eigenvalue weighted by molar-refractivity contribution is 6.33. The number of aromatic nitrogens is 2. The minimum Gasteiger partial charge on any atom is -0.398 e. The van der Waals surface area contributed by atoms with E-state index < -0.39 is 0 Å². The molecule has 2 aromatic carbocycles. The Morgan fingerprint density at radius 1 is 1.29 bits per heavy atom. The molecule has 106 valence electrons. The number of anilines is 2. The largest absolute Gasteiger partial charge is 0.398 e. The number of halogens is 1. The first kappa shape index (κ1) is 13.5. The van der Waals surface area contributed by atoms with Crippen LogP contribution >= 0.6 is 11.6 Å². The number of benzene rings is 2. The third-order valence-electron chi connectivity index (χ3n) is 3.12. The Morgan fingerprint density at radius 2 is 2.10 bits per heavy atom. The molecule has 0 bridgehead atoms. The summed E-state index contributed by atoms with van der Waals surface area (Å²) in [5.74, 6) is 0.589. The summed E-state index contributed by atoms with van der Waals surface area (Å²) in [6.45, 7) is 1.88. The van der Waals surface area contributed by atoms with Crippen LogP contribution in [0.25, 0.3) is 11.0 Å². The average molecular weight is 301 g/mol. The van der Waals surface area contributed by atoms with E-state index in [0.717, 1.165) is 16.9 Å². The summed E-state index contributed by atoms with van der Waals surface area (Å²) >= 11 is 5.92. The molecule has 1 heterocycles. The number of imidazole rings is 1. The van der Waals surface area contributed by atoms with Crippen molar-refractivity contribution < 1.29 is 4.79 Å². The monoisotopic (exact) mass is 300 g/mol. The fourth-order valence-electron chi connectivity index (χ4n) is 2.09. The maximum atomic E-state index is 12.2. The summed E-state index contributed by atoms with van der Waals surface area (Å²) in [5.41, 5.74) is 8.95. The Bertz CT molecular complexity index is 841. The summed E-state index contributed by atoms with van der Waals surface area (Å²) < 4.78 is 0. The second-order valence-corrected chi connectivity index (χ2v) is 5.15. The van der Waals surface area contributed by atoms with Crippen LogP contribution in [0.4, 0.5) is 11.4 Å². The maximum Gasteiger partial charge on any atom is 0.255 e. The zero-order chi connectivity index (χ0) is 15.0. The maximum absolute atomic E-state index is 12.2. The highest BCUT2D eigenvalue weighted by Crippen LogP contribution is 2.21. The van der Waals surface area contributed by atoms with Crippen LogP contribution in [0.5, 0.6) is 0 Å². The molecule has 0 aliphatic heterocycles. The molecule has 0 fully saturated rings. The number of aromatic amines is 1. The standard InChI is InChI=1S/C15H13ClN4O/c1-8-18-13-5-3-10(7-14(13)19-8)20-15(21)9-2-4-12(17)11(16)6-9/h2-7H,17H2,1H3,(H,18,19)(H,20,21). The van der Waals surface area contributed by atoms with Crippen molar-refractivity contribution in [1.29, 1.82) is 0 Å². The van der Waals surface area contributed by atoms with Crippen LogP contribution in [0, 0.1) is 6.92 Å². The molecule has 1 aromatic heterocycles. The molecule has 6 heteroatoms. The predicted molar refractivity (Wildman–Crippen MR) is 84.6 cm³/mol. The molecule has 1 amide bonds. The van der Waals surface area contributed by atoms with Gasteiger partial charge in [0, 0.05) is 11.3 Å². The molecular formula is C15H13ClN4O. The van der Waals surface area contributed by atoms with Gasteiger partial charge in [0.1, 0.15) is 5.82 Å². The number of aryl methyl sites for hydroxylation is 1. The first-order chi connectivity index (χ1) is 10.0. The molecule has 3 rings (SSSR count). The number of H-pyrrole nitrogens is 1. The lowest BCUT2D eigenvalue weighted by atomic mass is 10.2. The highest BCUT2D eigenvalue weighted by atomic mass is 35.5. The van der Waals surface area contributed by atoms with Gasteiger partial charge in [0.2, 0.25) is 0 Å². The molecule has 0 aliphatic rings. The summed E-state index contributed by atoms with van der Waals surface area (Å²) in [7, 11) is 0. The summed E-state index contributed by atoms with van der Waals surface area (Å²) in [6.07, 6.45) is 0. The van der Waals surface area contributed by atoms with Gasteiger partial charge in [-0.3, -0.25) is 4.79 Å². The Hall–Kier alpha value is -2.53. The van der Waals surface area contributed by atoms with Crippen LogP contribution in [-0.4, -0.2) is 15.9 Å². The highest BCUT2D eigenvalue weighted by Gasteiger charge is 2.09. The van der Waals surface area contributed by atoms with Gasteiger partial charge in [-0.2, -0.15) is 0 Å². The minimum atomic E-state index is -0.243. The molecular weight excluding hydrogens is 288 g/mol. The SMILES string of the molecule is Cc1nc2ccc(NC(=O)c3ccc(N)c(Cl)c3)cc2[nH]1. The lowest BCUT2D eigenvalue weighted by molar-refractivity contribution is 0.102. The Kier molecular flexibility index (Phi) is 3.27. The van der Waals surface area contributed by atoms with E-state index in [1.165, 1.54) is 0 Å². The van der Waals surface area contributed by atoms with Crippen LogP contribution in [0.1, 0.15) is 16.2 Å². The molecule has 4 N–H and O–H groups in total. The summed E-state index contributed by atoms with van der Waals surface area (Å²) in [6, 6.07) is 10.3. The molecule has 0 spiro atoms. The number of nitrogens with two attached hydrogens (primary N) is 1. The number of hydrogen-bond acceptors (Lipinski definition) is 3. The van der Waals surface area contributed by atoms with E-state index in [2.05, 4.69) is 15.3 Å². The van der Waals surface area contributed by atoms with E-state index in [1.807, 2.05) is 19.1 Å². The average Bonchev–Trinajstić information content (AvgIpc) is 2.81. The summed E-state index contributed by atoms with van der Waals surface area (Å²) in [5, 5.41) is 3.18. The number of hydrogen-bond donors (Lipinski definition) is 3. The van der Waals surface area contributed by atoms with Gasteiger partial charge in [-0.25, -0.2) is 4.98 Å². The molecule has 21 heavy (non-hydrogen) atoms. The number of nitrogens with one attached hydrogen (secondary N) is 2. The smallest absolute Gasteiger partial charge is 0.255 e. The van der Waals surface area contributed by atoms with Gasteiger partial charge in [0.15, 0.2) is 0 Å². The second kappa shape index (κ2) is 5.10. The first-order valence-electron chi connectivity index (χ1n) is 6.36. The number of nitrogens with zero attached hydrogens (tertiary/aromatic N) is 1. The number of fused-ring (bicyclic) bond motifs is 1. The normalized spacial score (nSPS) is 10.8. The van der Waals surface area contributed by atoms with Crippen LogP contribution in [0.2, 0.25) is 5.02 Å². The van der Waals surface area contributed by atoms with Gasteiger partial charge in [-0.05, 0) is 43.3 Å². The van der Waals surface area contributed by atoms with Crippen molar-refractivity contribution in [2.45, 2.75) is 6.92 Å². The quantitative estimate of drug-likeness (QED) is 0.634. The third kappa shape index (κ3) is 2.68. The lowest BCUT2D eigenvalue weighted by Gasteiger charge is -2.06. The van der Waals surface area contributed by atoms with E-state index in [1.54, 1.807) is 24.3 Å². The van der Waals surface area contributed by atoms with Gasteiger partial charge >= 0.3 is 0 Å². The molecule has 0 radical (unpaired) electrons. The third-order valence-corrected chi connectivity index (χ3v) is 3.45. The lowest BCUT2D eigenvalue weighted by Crippen LogP contribution is -2.11. The van der Waals surface area contributed by atoms with Gasteiger partial charge in [0.25, 0.3) is 5.91 Å². The Labute approximate surface area is 126 Å². The van der Waals surface area contributed by atoms with E-state index in [4.69, 9.17) is 17.3 Å². The number of rotatable bonds is 2. The van der Waals surface area contributed by atoms with Crippen molar-refractivity contribution in [1.82, 2.24) is 9.97 Å². The molecule has 0 aliphatic carbocycles. The first-order valence-corrected chi connectivity index (χ1v) is 6.73. The van der Waals surface area contributed by atoms with Crippen molar-refractivity contribution in [3.8, 4) is 0 Å². The van der Waals surface area contributed by atoms with Crippen molar-refractivity contribution in [2.24, 2.45) is 0 Å². The van der Waals surface area contributed by atoms with Crippen molar-refractivity contribution in [3.05, 3.63) is 52.8 Å². The van der Waals surface area contributed by atoms with Crippen LogP contribution in [0.3, 0.4) is 0 Å². The fraction of sp³-hybridized carbons (Fsp3) is 0.0667. The van der Waals surface area contributed by atoms with Crippen molar-refractivity contribution in [2.75, 3.05) is 11.1 Å². The Balaban J connectivity index is 1.86. The van der Waals surface area contributed by atoms with Crippen molar-refractivity contribution in [3.63, 3.8) is 0 Å². The Morgan fingerprint density at radius 3 is 2.86 bits per heavy atom. The topological polar surface area (TPSA) is 83.8 Å². The number of carbonyl (C=O) groups excluding carboxylic acids is 1. The van der Waals surface area contributed by atoms with E-state index in [0.29, 0.717) is 22.0 Å². The molecule has 0 saturated carbocycles. The van der Waals surface area contributed by atoms with Gasteiger partial charge in [0.05, 0.1) is 21.7 Å². The second-order valence-electron chi connectivity index (χ2n) is 4.74. The number of nitrogen functional groups attached to an aromatic ring is 1. The van der Waals surface area contributed by atoms with Crippen molar-refractivity contribution >= 4 is 39.9 Å². The number of carbonyl (C=O) groups is 1. The molecule has 5 nitrogen and oxygen atoms in total. The van der Waals surface area contributed by atoms with Gasteiger partial charge in [-0.1, -0.05) is 11.6 Å². The van der Waals surface area contributed by atoms with Crippen LogP contribution in [0.15, 0.2) is 36.4 Å². The van der Waals surface area contributed by atoms with E-state index in [9.17, 15) is 4.79 Å². The molecule has 0 saturated heterocycles. The predicted octanol–water partition coefficient (Wildman–Crippen LogP) is 3.36. The van der Waals surface area contributed by atoms with Gasteiger partial charge < -0.3 is 16.0 Å². The van der Waals surface area contributed by atoms with E-state index in [-0.39, 0.29) is 5.91 Å². The zero-order valence-corrected chi connectivity index (χ0v) is 12.0. The zero-order valence-electron chi connectivity index (χ0n) is 11.3. The number of amides is 1.